The van der Waals surface area contributed by atoms with Gasteiger partial charge in [-0.1, -0.05) is 6.07 Å². The van der Waals surface area contributed by atoms with Gasteiger partial charge in [0, 0.05) is 57.2 Å². The molecule has 0 saturated carbocycles. The number of pyridine rings is 2. The second-order valence-corrected chi connectivity index (χ2v) is 7.74. The van der Waals surface area contributed by atoms with Gasteiger partial charge in [-0.25, -0.2) is 9.97 Å². The van der Waals surface area contributed by atoms with Crippen LogP contribution >= 0.6 is 0 Å². The fraction of sp³-hybridized carbons (Fsp3) is 0.273. The summed E-state index contributed by atoms with van der Waals surface area (Å²) in [6.45, 7) is 2.76. The molecule has 1 aliphatic rings. The van der Waals surface area contributed by atoms with Crippen molar-refractivity contribution in [1.29, 1.82) is 0 Å². The Morgan fingerprint density at radius 2 is 1.97 bits per heavy atom. The standard InChI is InChI=1S/C22H23N9O/c1-29-10-11-30(22-24-8-3-9-25-22)15-18(29)20-28-27-19-6-5-17(14-31(19)20)21(32)26-13-16-4-2-7-23-12-16/h2-9,12,14,18H,10-11,13,15H2,1H3,(H,26,32)/t18-/m0/s1. The molecule has 5 heterocycles. The SMILES string of the molecule is CN1CCN(c2ncccn2)C[C@H]1c1nnc2ccc(C(=O)NCc3cccnc3)cn12. The first-order valence-corrected chi connectivity index (χ1v) is 10.4. The highest BCUT2D eigenvalue weighted by atomic mass is 16.1. The molecule has 0 radical (unpaired) electrons. The van der Waals surface area contributed by atoms with Crippen molar-refractivity contribution in [1.82, 2.24) is 39.8 Å². The lowest BCUT2D eigenvalue weighted by Crippen LogP contribution is -2.47. The molecule has 0 aliphatic carbocycles. The van der Waals surface area contributed by atoms with Gasteiger partial charge in [0.05, 0.1) is 11.6 Å². The second-order valence-electron chi connectivity index (χ2n) is 7.74. The van der Waals surface area contributed by atoms with Crippen LogP contribution in [-0.2, 0) is 6.54 Å². The van der Waals surface area contributed by atoms with Crippen molar-refractivity contribution >= 4 is 17.5 Å². The normalized spacial score (nSPS) is 16.9. The summed E-state index contributed by atoms with van der Waals surface area (Å²) in [6.07, 6.45) is 8.74. The van der Waals surface area contributed by atoms with E-state index in [0.717, 1.165) is 24.5 Å². The Hall–Kier alpha value is -3.92. The average Bonchev–Trinajstić information content (AvgIpc) is 3.27. The zero-order valence-corrected chi connectivity index (χ0v) is 17.7. The molecule has 1 saturated heterocycles. The van der Waals surface area contributed by atoms with E-state index in [-0.39, 0.29) is 11.9 Å². The van der Waals surface area contributed by atoms with Crippen LogP contribution in [0, 0.1) is 0 Å². The molecule has 1 atom stereocenters. The number of carbonyl (C=O) groups excluding carboxylic acids is 1. The van der Waals surface area contributed by atoms with Gasteiger partial charge in [0.15, 0.2) is 11.5 Å². The third kappa shape index (κ3) is 4.00. The van der Waals surface area contributed by atoms with Crippen LogP contribution in [0.5, 0.6) is 0 Å². The summed E-state index contributed by atoms with van der Waals surface area (Å²) in [5.74, 6) is 1.33. The van der Waals surface area contributed by atoms with Crippen LogP contribution in [0.25, 0.3) is 5.65 Å². The van der Waals surface area contributed by atoms with E-state index < -0.39 is 0 Å². The number of likely N-dealkylation sites (N-methyl/N-ethyl adjacent to an activating group) is 1. The van der Waals surface area contributed by atoms with Gasteiger partial charge in [0.25, 0.3) is 5.91 Å². The molecule has 32 heavy (non-hydrogen) atoms. The van der Waals surface area contributed by atoms with Gasteiger partial charge >= 0.3 is 0 Å². The molecule has 4 aromatic rings. The Morgan fingerprint density at radius 3 is 2.78 bits per heavy atom. The van der Waals surface area contributed by atoms with Crippen LogP contribution in [0.2, 0.25) is 0 Å². The molecule has 10 nitrogen and oxygen atoms in total. The van der Waals surface area contributed by atoms with Crippen LogP contribution in [0.1, 0.15) is 27.8 Å². The highest BCUT2D eigenvalue weighted by Crippen LogP contribution is 2.25. The van der Waals surface area contributed by atoms with Crippen molar-refractivity contribution in [3.05, 3.63) is 78.3 Å². The molecule has 5 rings (SSSR count). The zero-order chi connectivity index (χ0) is 21.9. The zero-order valence-electron chi connectivity index (χ0n) is 17.7. The molecular weight excluding hydrogens is 406 g/mol. The van der Waals surface area contributed by atoms with Crippen molar-refractivity contribution in [3.63, 3.8) is 0 Å². The summed E-state index contributed by atoms with van der Waals surface area (Å²) >= 11 is 0. The molecule has 0 spiro atoms. The van der Waals surface area contributed by atoms with Gasteiger partial charge < -0.3 is 10.2 Å². The summed E-state index contributed by atoms with van der Waals surface area (Å²) in [4.78, 5) is 30.0. The molecule has 4 aromatic heterocycles. The predicted octanol–water partition coefficient (Wildman–Crippen LogP) is 1.34. The molecule has 1 fully saturated rings. The fourth-order valence-electron chi connectivity index (χ4n) is 3.85. The number of carbonyl (C=O) groups is 1. The lowest BCUT2D eigenvalue weighted by molar-refractivity contribution is 0.0950. The van der Waals surface area contributed by atoms with Crippen molar-refractivity contribution in [3.8, 4) is 0 Å². The third-order valence-electron chi connectivity index (χ3n) is 5.65. The van der Waals surface area contributed by atoms with Crippen LogP contribution in [0.3, 0.4) is 0 Å². The number of nitrogens with zero attached hydrogens (tertiary/aromatic N) is 8. The number of hydrogen-bond acceptors (Lipinski definition) is 8. The van der Waals surface area contributed by atoms with Gasteiger partial charge in [-0.3, -0.25) is 19.1 Å². The number of fused-ring (bicyclic) bond motifs is 1. The summed E-state index contributed by atoms with van der Waals surface area (Å²) in [6, 6.07) is 9.15. The quantitative estimate of drug-likeness (QED) is 0.507. The number of piperazine rings is 1. The smallest absolute Gasteiger partial charge is 0.253 e. The number of aromatic nitrogens is 6. The Bertz CT molecular complexity index is 1210. The Morgan fingerprint density at radius 1 is 1.09 bits per heavy atom. The summed E-state index contributed by atoms with van der Waals surface area (Å²) in [7, 11) is 2.07. The lowest BCUT2D eigenvalue weighted by Gasteiger charge is -2.38. The molecule has 0 aromatic carbocycles. The van der Waals surface area contributed by atoms with Crippen molar-refractivity contribution in [2.75, 3.05) is 31.6 Å². The first kappa shape index (κ1) is 20.0. The topological polar surface area (TPSA) is 104 Å². The van der Waals surface area contributed by atoms with Crippen molar-refractivity contribution < 1.29 is 4.79 Å². The fourth-order valence-corrected chi connectivity index (χ4v) is 3.85. The molecule has 10 heteroatoms. The van der Waals surface area contributed by atoms with E-state index in [0.29, 0.717) is 30.2 Å². The maximum Gasteiger partial charge on any atom is 0.253 e. The highest BCUT2D eigenvalue weighted by Gasteiger charge is 2.30. The van der Waals surface area contributed by atoms with Crippen LogP contribution < -0.4 is 10.2 Å². The molecular formula is C22H23N9O. The van der Waals surface area contributed by atoms with E-state index in [4.69, 9.17) is 0 Å². The molecule has 1 N–H and O–H groups in total. The highest BCUT2D eigenvalue weighted by molar-refractivity contribution is 5.94. The number of nitrogens with one attached hydrogen (secondary N) is 1. The number of hydrogen-bond donors (Lipinski definition) is 1. The Labute approximate surface area is 185 Å². The molecule has 0 unspecified atom stereocenters. The van der Waals surface area contributed by atoms with Gasteiger partial charge in [-0.2, -0.15) is 0 Å². The first-order chi connectivity index (χ1) is 15.7. The van der Waals surface area contributed by atoms with Crippen LogP contribution in [-0.4, -0.2) is 67.0 Å². The minimum atomic E-state index is -0.160. The van der Waals surface area contributed by atoms with Gasteiger partial charge in [0.1, 0.15) is 0 Å². The Balaban J connectivity index is 1.38. The molecule has 162 valence electrons. The molecule has 1 aliphatic heterocycles. The minimum Gasteiger partial charge on any atom is -0.348 e. The van der Waals surface area contributed by atoms with E-state index in [1.54, 1.807) is 37.1 Å². The van der Waals surface area contributed by atoms with Gasteiger partial charge in [-0.05, 0) is 36.9 Å². The largest absolute Gasteiger partial charge is 0.348 e. The maximum atomic E-state index is 12.8. The predicted molar refractivity (Wildman–Crippen MR) is 118 cm³/mol. The van der Waals surface area contributed by atoms with E-state index in [1.807, 2.05) is 28.7 Å². The third-order valence-corrected chi connectivity index (χ3v) is 5.65. The minimum absolute atomic E-state index is 0.0174. The summed E-state index contributed by atoms with van der Waals surface area (Å²) in [5.41, 5.74) is 2.19. The average molecular weight is 429 g/mol. The number of anilines is 1. The summed E-state index contributed by atoms with van der Waals surface area (Å²) < 4.78 is 1.90. The maximum absolute atomic E-state index is 12.8. The Kier molecular flexibility index (Phi) is 5.42. The van der Waals surface area contributed by atoms with E-state index in [1.165, 1.54) is 0 Å². The van der Waals surface area contributed by atoms with Crippen molar-refractivity contribution in [2.24, 2.45) is 0 Å². The van der Waals surface area contributed by atoms with Crippen LogP contribution in [0.15, 0.2) is 61.3 Å². The molecule has 1 amide bonds. The first-order valence-electron chi connectivity index (χ1n) is 10.4. The number of rotatable bonds is 5. The lowest BCUT2D eigenvalue weighted by atomic mass is 10.1. The monoisotopic (exact) mass is 429 g/mol. The molecule has 0 bridgehead atoms. The number of amides is 1. The van der Waals surface area contributed by atoms with Crippen molar-refractivity contribution in [2.45, 2.75) is 12.6 Å². The summed E-state index contributed by atoms with van der Waals surface area (Å²) in [5, 5.41) is 11.7. The van der Waals surface area contributed by atoms with Gasteiger partial charge in [-0.15, -0.1) is 10.2 Å². The second kappa shape index (κ2) is 8.67. The van der Waals surface area contributed by atoms with E-state index in [9.17, 15) is 4.79 Å². The van der Waals surface area contributed by atoms with E-state index in [2.05, 4.69) is 47.3 Å². The van der Waals surface area contributed by atoms with Crippen LogP contribution in [0.4, 0.5) is 5.95 Å². The van der Waals surface area contributed by atoms with E-state index >= 15 is 0 Å². The van der Waals surface area contributed by atoms with Gasteiger partial charge in [0.2, 0.25) is 5.95 Å².